The van der Waals surface area contributed by atoms with Crippen LogP contribution in [-0.2, 0) is 10.0 Å². The van der Waals surface area contributed by atoms with Crippen LogP contribution in [0, 0.1) is 10.1 Å². The Morgan fingerprint density at radius 1 is 1.40 bits per heavy atom. The molecule has 1 aromatic carbocycles. The van der Waals surface area contributed by atoms with Gasteiger partial charge in [-0.3, -0.25) is 10.1 Å². The summed E-state index contributed by atoms with van der Waals surface area (Å²) < 4.78 is 60.6. The smallest absolute Gasteiger partial charge is 0.393 e. The minimum absolute atomic E-state index is 0.0191. The summed E-state index contributed by atoms with van der Waals surface area (Å²) in [6.07, 6.45) is -4.77. The van der Waals surface area contributed by atoms with Gasteiger partial charge in [0, 0.05) is 7.05 Å². The predicted molar refractivity (Wildman–Crippen MR) is 63.4 cm³/mol. The maximum atomic E-state index is 12.2. The molecule has 2 N–H and O–H groups in total. The summed E-state index contributed by atoms with van der Waals surface area (Å²) >= 11 is 0. The SMILES string of the molecule is CN(CC(F)(F)F)S(=O)(=O)c1cccc(N)c1[N+](=O)[O-]. The second-order valence-corrected chi connectivity index (χ2v) is 5.84. The van der Waals surface area contributed by atoms with E-state index < -0.39 is 43.9 Å². The maximum absolute atomic E-state index is 12.2. The number of sulfonamides is 1. The molecule has 0 unspecified atom stereocenters. The van der Waals surface area contributed by atoms with Gasteiger partial charge < -0.3 is 5.73 Å². The van der Waals surface area contributed by atoms with Crippen LogP contribution in [0.3, 0.4) is 0 Å². The molecule has 0 atom stereocenters. The highest BCUT2D eigenvalue weighted by Gasteiger charge is 2.38. The Kier molecular flexibility index (Phi) is 4.24. The minimum atomic E-state index is -4.77. The van der Waals surface area contributed by atoms with Crippen LogP contribution in [0.15, 0.2) is 23.1 Å². The lowest BCUT2D eigenvalue weighted by molar-refractivity contribution is -0.386. The fourth-order valence-electron chi connectivity index (χ4n) is 1.45. The number of halogens is 3. The maximum Gasteiger partial charge on any atom is 0.402 e. The zero-order chi connectivity index (χ0) is 15.7. The Morgan fingerprint density at radius 3 is 2.40 bits per heavy atom. The van der Waals surface area contributed by atoms with Crippen molar-refractivity contribution in [1.29, 1.82) is 0 Å². The largest absolute Gasteiger partial charge is 0.402 e. The number of nitrogen functional groups attached to an aromatic ring is 1. The van der Waals surface area contributed by atoms with E-state index in [9.17, 15) is 31.7 Å². The normalized spacial score (nSPS) is 12.7. The molecule has 0 saturated heterocycles. The molecule has 0 radical (unpaired) electrons. The second kappa shape index (κ2) is 5.25. The highest BCUT2D eigenvalue weighted by molar-refractivity contribution is 7.89. The fraction of sp³-hybridized carbons (Fsp3) is 0.333. The van der Waals surface area contributed by atoms with Crippen LogP contribution in [0.25, 0.3) is 0 Å². The summed E-state index contributed by atoms with van der Waals surface area (Å²) in [4.78, 5) is 8.89. The number of alkyl halides is 3. The standard InChI is InChI=1S/C9H10F3N3O4S/c1-14(5-9(10,11)12)20(18,19)7-4-2-3-6(13)8(7)15(16)17/h2-4H,5,13H2,1H3. The van der Waals surface area contributed by atoms with Crippen molar-refractivity contribution in [2.75, 3.05) is 19.3 Å². The molecular weight excluding hydrogens is 303 g/mol. The van der Waals surface area contributed by atoms with Gasteiger partial charge >= 0.3 is 11.9 Å². The van der Waals surface area contributed by atoms with E-state index in [1.165, 1.54) is 0 Å². The molecular formula is C9H10F3N3O4S. The molecule has 0 aliphatic carbocycles. The first-order valence-corrected chi connectivity index (χ1v) is 6.47. The molecule has 0 bridgehead atoms. The van der Waals surface area contributed by atoms with Gasteiger partial charge in [-0.1, -0.05) is 6.07 Å². The molecule has 1 rings (SSSR count). The van der Waals surface area contributed by atoms with Gasteiger partial charge in [0.2, 0.25) is 10.0 Å². The van der Waals surface area contributed by atoms with Gasteiger partial charge in [0.05, 0.1) is 4.92 Å². The van der Waals surface area contributed by atoms with Crippen LogP contribution < -0.4 is 5.73 Å². The summed E-state index contributed by atoms with van der Waals surface area (Å²) in [5, 5.41) is 10.8. The van der Waals surface area contributed by atoms with Gasteiger partial charge in [-0.2, -0.15) is 17.5 Å². The number of para-hydroxylation sites is 1. The van der Waals surface area contributed by atoms with E-state index in [2.05, 4.69) is 0 Å². The lowest BCUT2D eigenvalue weighted by Crippen LogP contribution is -2.36. The van der Waals surface area contributed by atoms with Gasteiger partial charge in [0.25, 0.3) is 0 Å². The molecule has 7 nitrogen and oxygen atoms in total. The van der Waals surface area contributed by atoms with Crippen LogP contribution in [0.5, 0.6) is 0 Å². The molecule has 0 aliphatic rings. The number of nitrogens with zero attached hydrogens (tertiary/aromatic N) is 2. The minimum Gasteiger partial charge on any atom is -0.393 e. The lowest BCUT2D eigenvalue weighted by atomic mass is 10.3. The van der Waals surface area contributed by atoms with Crippen LogP contribution in [0.2, 0.25) is 0 Å². The zero-order valence-corrected chi connectivity index (χ0v) is 10.9. The van der Waals surface area contributed by atoms with Crippen LogP contribution in [0.4, 0.5) is 24.5 Å². The quantitative estimate of drug-likeness (QED) is 0.513. The Morgan fingerprint density at radius 2 is 1.95 bits per heavy atom. The van der Waals surface area contributed by atoms with Crippen LogP contribution in [-0.4, -0.2) is 37.4 Å². The summed E-state index contributed by atoms with van der Waals surface area (Å²) in [5.41, 5.74) is 3.91. The third kappa shape index (κ3) is 3.36. The Balaban J connectivity index is 3.37. The number of nitro benzene ring substituents is 1. The van der Waals surface area contributed by atoms with Crippen LogP contribution >= 0.6 is 0 Å². The average molecular weight is 313 g/mol. The van der Waals surface area contributed by atoms with Crippen molar-refractivity contribution < 1.29 is 26.5 Å². The van der Waals surface area contributed by atoms with E-state index in [0.717, 1.165) is 18.2 Å². The van der Waals surface area contributed by atoms with Gasteiger partial charge in [0.15, 0.2) is 4.90 Å². The number of hydrogen-bond donors (Lipinski definition) is 1. The van der Waals surface area contributed by atoms with Crippen LogP contribution in [0.1, 0.15) is 0 Å². The Bertz CT molecular complexity index is 630. The average Bonchev–Trinajstić information content (AvgIpc) is 2.25. The van der Waals surface area contributed by atoms with E-state index in [4.69, 9.17) is 5.73 Å². The van der Waals surface area contributed by atoms with Gasteiger partial charge in [-0.25, -0.2) is 8.42 Å². The molecule has 11 heteroatoms. The molecule has 0 fully saturated rings. The number of rotatable bonds is 4. The number of nitrogens with two attached hydrogens (primary N) is 1. The molecule has 0 spiro atoms. The summed E-state index contributed by atoms with van der Waals surface area (Å²) in [6.45, 7) is -1.76. The molecule has 0 saturated carbocycles. The monoisotopic (exact) mass is 313 g/mol. The third-order valence-electron chi connectivity index (χ3n) is 2.30. The van der Waals surface area contributed by atoms with Crippen molar-refractivity contribution in [3.63, 3.8) is 0 Å². The number of benzene rings is 1. The van der Waals surface area contributed by atoms with Crippen molar-refractivity contribution in [3.05, 3.63) is 28.3 Å². The number of nitro groups is 1. The summed E-state index contributed by atoms with van der Waals surface area (Å²) in [5.74, 6) is 0. The van der Waals surface area contributed by atoms with Gasteiger partial charge in [0.1, 0.15) is 12.2 Å². The Hall–Kier alpha value is -1.88. The van der Waals surface area contributed by atoms with Crippen molar-refractivity contribution >= 4 is 21.4 Å². The van der Waals surface area contributed by atoms with Crippen molar-refractivity contribution in [1.82, 2.24) is 4.31 Å². The Labute approximate surface area is 112 Å². The molecule has 0 amide bonds. The zero-order valence-electron chi connectivity index (χ0n) is 10.1. The first-order chi connectivity index (χ1) is 8.97. The summed E-state index contributed by atoms with van der Waals surface area (Å²) in [7, 11) is -4.00. The van der Waals surface area contributed by atoms with Crippen molar-refractivity contribution in [2.24, 2.45) is 0 Å². The summed E-state index contributed by atoms with van der Waals surface area (Å²) in [6, 6.07) is 3.02. The molecule has 20 heavy (non-hydrogen) atoms. The predicted octanol–water partition coefficient (Wildman–Crippen LogP) is 1.36. The second-order valence-electron chi connectivity index (χ2n) is 3.83. The highest BCUT2D eigenvalue weighted by atomic mass is 32.2. The van der Waals surface area contributed by atoms with Crippen molar-refractivity contribution in [3.8, 4) is 0 Å². The van der Waals surface area contributed by atoms with E-state index in [1.54, 1.807) is 0 Å². The molecule has 0 aromatic heterocycles. The van der Waals surface area contributed by atoms with Gasteiger partial charge in [-0.05, 0) is 12.1 Å². The van der Waals surface area contributed by atoms with Gasteiger partial charge in [-0.15, -0.1) is 0 Å². The first-order valence-electron chi connectivity index (χ1n) is 5.03. The lowest BCUT2D eigenvalue weighted by Gasteiger charge is -2.18. The molecule has 112 valence electrons. The fourth-order valence-corrected chi connectivity index (χ4v) is 2.79. The van der Waals surface area contributed by atoms with Crippen molar-refractivity contribution in [2.45, 2.75) is 11.1 Å². The number of hydrogen-bond acceptors (Lipinski definition) is 5. The molecule has 0 heterocycles. The topological polar surface area (TPSA) is 107 Å². The molecule has 0 aliphatic heterocycles. The first kappa shape index (κ1) is 16.2. The molecule has 1 aromatic rings. The van der Waals surface area contributed by atoms with E-state index >= 15 is 0 Å². The highest BCUT2D eigenvalue weighted by Crippen LogP contribution is 2.32. The van der Waals surface area contributed by atoms with E-state index in [0.29, 0.717) is 7.05 Å². The van der Waals surface area contributed by atoms with E-state index in [-0.39, 0.29) is 4.31 Å². The number of anilines is 1. The van der Waals surface area contributed by atoms with E-state index in [1.807, 2.05) is 0 Å². The third-order valence-corrected chi connectivity index (χ3v) is 4.14.